The first-order chi connectivity index (χ1) is 27.3. The van der Waals surface area contributed by atoms with E-state index in [1.165, 1.54) is 0 Å². The highest BCUT2D eigenvalue weighted by Gasteiger charge is 2.40. The fourth-order valence-corrected chi connectivity index (χ4v) is 7.81. The minimum absolute atomic E-state index is 0.313. The van der Waals surface area contributed by atoms with Crippen molar-refractivity contribution >= 4 is 17.0 Å². The van der Waals surface area contributed by atoms with Crippen molar-refractivity contribution in [2.24, 2.45) is 0 Å². The number of nitrogens with zero attached hydrogens (tertiary/aromatic N) is 4. The number of anilines is 1. The first-order valence-corrected chi connectivity index (χ1v) is 18.5. The predicted molar refractivity (Wildman–Crippen MR) is 216 cm³/mol. The highest BCUT2D eigenvalue weighted by Crippen LogP contribution is 2.43. The number of ether oxygens (including phenoxy) is 2. The van der Waals surface area contributed by atoms with Crippen LogP contribution in [-0.2, 0) is 20.6 Å². The average Bonchev–Trinajstić information content (AvgIpc) is 3.93. The molecule has 9 rings (SSSR count). The largest absolute Gasteiger partial charge is 0.358 e. The molecule has 0 saturated heterocycles. The van der Waals surface area contributed by atoms with Crippen LogP contribution in [0.1, 0.15) is 39.6 Å². The van der Waals surface area contributed by atoms with Crippen LogP contribution >= 0.6 is 0 Å². The van der Waals surface area contributed by atoms with E-state index < -0.39 is 17.4 Å². The van der Waals surface area contributed by atoms with E-state index in [2.05, 4.69) is 157 Å². The normalized spacial score (nSPS) is 15.6. The quantitative estimate of drug-likeness (QED) is 0.100. The summed E-state index contributed by atoms with van der Waals surface area (Å²) in [7, 11) is 0. The zero-order valence-corrected chi connectivity index (χ0v) is 30.1. The molecule has 1 N–H and O–H groups in total. The predicted octanol–water partition coefficient (Wildman–Crippen LogP) is 9.69. The van der Waals surface area contributed by atoms with Gasteiger partial charge in [0.25, 0.3) is 0 Å². The molecule has 6 aromatic carbocycles. The van der Waals surface area contributed by atoms with E-state index in [1.54, 1.807) is 12.7 Å². The summed E-state index contributed by atoms with van der Waals surface area (Å²) in [5.74, 6) is 0.612. The van der Waals surface area contributed by atoms with Gasteiger partial charge in [-0.3, -0.25) is 4.57 Å². The lowest BCUT2D eigenvalue weighted by Gasteiger charge is -2.37. The maximum Gasteiger partial charge on any atom is 0.167 e. The monoisotopic (exact) mass is 717 g/mol. The van der Waals surface area contributed by atoms with E-state index in [0.29, 0.717) is 23.6 Å². The summed E-state index contributed by atoms with van der Waals surface area (Å²) >= 11 is 0. The van der Waals surface area contributed by atoms with Crippen molar-refractivity contribution < 1.29 is 9.47 Å². The number of nitrogens with one attached hydrogen (secondary N) is 1. The van der Waals surface area contributed by atoms with Crippen LogP contribution in [0.2, 0.25) is 0 Å². The number of benzene rings is 6. The third-order valence-electron chi connectivity index (χ3n) is 10.4. The third-order valence-corrected chi connectivity index (χ3v) is 10.4. The number of imidazole rings is 1. The molecule has 8 aromatic rings. The molecule has 0 spiro atoms. The van der Waals surface area contributed by atoms with Crippen LogP contribution in [-0.4, -0.2) is 32.2 Å². The Labute approximate surface area is 320 Å². The van der Waals surface area contributed by atoms with Crippen molar-refractivity contribution in [1.29, 1.82) is 0 Å². The molecule has 268 valence electrons. The molecule has 0 saturated carbocycles. The standard InChI is InChI=1S/C48H39N5O2/c1-7-19-36(20-8-1)47(37-21-9-2-10-22-37,38-23-11-3-12-24-38)52-45-44-46(50-34-49-45)53(35-51-44)43-32-31-42(55-43)33-54-48(39-25-13-4-14-26-39,40-27-15-5-16-28-40)41-29-17-6-18-30-41/h1-32,34-35,42-43H,33H2,(H,49,50,52). The van der Waals surface area contributed by atoms with Crippen molar-refractivity contribution in [3.05, 3.63) is 240 Å². The van der Waals surface area contributed by atoms with Crippen LogP contribution in [0.5, 0.6) is 0 Å². The summed E-state index contributed by atoms with van der Waals surface area (Å²) in [4.78, 5) is 14.4. The molecular weight excluding hydrogens is 679 g/mol. The van der Waals surface area contributed by atoms with Gasteiger partial charge in [-0.2, -0.15) is 0 Å². The molecule has 7 nitrogen and oxygen atoms in total. The lowest BCUT2D eigenvalue weighted by molar-refractivity contribution is -0.0668. The van der Waals surface area contributed by atoms with Gasteiger partial charge in [0.15, 0.2) is 23.2 Å². The van der Waals surface area contributed by atoms with E-state index in [-0.39, 0.29) is 6.10 Å². The molecule has 2 atom stereocenters. The number of hydrogen-bond acceptors (Lipinski definition) is 6. The highest BCUT2D eigenvalue weighted by molar-refractivity contribution is 5.84. The lowest BCUT2D eigenvalue weighted by atomic mass is 9.77. The SMILES string of the molecule is C1=CC(n2cnc3c(NC(c4ccccc4)(c4ccccc4)c4ccccc4)ncnc32)OC1COC(c1ccccc1)(c1ccccc1)c1ccccc1. The van der Waals surface area contributed by atoms with E-state index >= 15 is 0 Å². The molecule has 2 aromatic heterocycles. The minimum atomic E-state index is -0.850. The second kappa shape index (κ2) is 15.0. The number of hydrogen-bond donors (Lipinski definition) is 1. The fourth-order valence-electron chi connectivity index (χ4n) is 7.81. The van der Waals surface area contributed by atoms with Gasteiger partial charge in [-0.15, -0.1) is 0 Å². The summed E-state index contributed by atoms with van der Waals surface area (Å²) in [6, 6.07) is 62.5. The molecule has 1 aliphatic heterocycles. The fraction of sp³-hybridized carbons (Fsp3) is 0.104. The Morgan fingerprint density at radius 1 is 0.527 bits per heavy atom. The zero-order chi connectivity index (χ0) is 36.9. The van der Waals surface area contributed by atoms with E-state index in [4.69, 9.17) is 24.4 Å². The zero-order valence-electron chi connectivity index (χ0n) is 30.1. The minimum Gasteiger partial charge on any atom is -0.358 e. The van der Waals surface area contributed by atoms with Crippen LogP contribution in [0, 0.1) is 0 Å². The third kappa shape index (κ3) is 6.29. The number of rotatable bonds is 12. The molecule has 7 heteroatoms. The van der Waals surface area contributed by atoms with E-state index in [1.807, 2.05) is 47.0 Å². The molecule has 1 aliphatic rings. The number of fused-ring (bicyclic) bond motifs is 1. The van der Waals surface area contributed by atoms with Crippen LogP contribution in [0.25, 0.3) is 11.2 Å². The second-order valence-corrected chi connectivity index (χ2v) is 13.6. The Morgan fingerprint density at radius 3 is 1.42 bits per heavy atom. The van der Waals surface area contributed by atoms with E-state index in [0.717, 1.165) is 33.4 Å². The molecule has 55 heavy (non-hydrogen) atoms. The maximum absolute atomic E-state index is 7.09. The van der Waals surface area contributed by atoms with Crippen LogP contribution in [0.15, 0.2) is 207 Å². The Bertz CT molecular complexity index is 2300. The summed E-state index contributed by atoms with van der Waals surface area (Å²) in [5, 5.41) is 3.87. The number of aromatic nitrogens is 4. The lowest BCUT2D eigenvalue weighted by Crippen LogP contribution is -2.38. The van der Waals surface area contributed by atoms with Gasteiger partial charge in [0.05, 0.1) is 12.9 Å². The Balaban J connectivity index is 1.04. The van der Waals surface area contributed by atoms with Gasteiger partial charge in [-0.25, -0.2) is 15.0 Å². The topological polar surface area (TPSA) is 74.1 Å². The molecule has 3 heterocycles. The van der Waals surface area contributed by atoms with Crippen molar-refractivity contribution in [1.82, 2.24) is 19.5 Å². The molecule has 0 fully saturated rings. The van der Waals surface area contributed by atoms with E-state index in [9.17, 15) is 0 Å². The second-order valence-electron chi connectivity index (χ2n) is 13.6. The summed E-state index contributed by atoms with van der Waals surface area (Å²) in [5.41, 5.74) is 6.01. The molecule has 0 radical (unpaired) electrons. The molecule has 0 aliphatic carbocycles. The summed E-state index contributed by atoms with van der Waals surface area (Å²) in [6.07, 6.45) is 6.71. The van der Waals surface area contributed by atoms with Gasteiger partial charge in [0, 0.05) is 0 Å². The first-order valence-electron chi connectivity index (χ1n) is 18.5. The smallest absolute Gasteiger partial charge is 0.167 e. The highest BCUT2D eigenvalue weighted by atomic mass is 16.6. The van der Waals surface area contributed by atoms with Gasteiger partial charge in [-0.1, -0.05) is 188 Å². The summed E-state index contributed by atoms with van der Waals surface area (Å²) < 4.78 is 15.7. The van der Waals surface area contributed by atoms with Gasteiger partial charge in [0.2, 0.25) is 0 Å². The van der Waals surface area contributed by atoms with Gasteiger partial charge in [-0.05, 0) is 39.5 Å². The summed E-state index contributed by atoms with van der Waals surface area (Å²) in [6.45, 7) is 0.313. The van der Waals surface area contributed by atoms with Gasteiger partial charge < -0.3 is 14.8 Å². The first kappa shape index (κ1) is 34.1. The van der Waals surface area contributed by atoms with Gasteiger partial charge >= 0.3 is 0 Å². The molecule has 2 unspecified atom stereocenters. The van der Waals surface area contributed by atoms with Gasteiger partial charge in [0.1, 0.15) is 23.6 Å². The molecule has 0 bridgehead atoms. The average molecular weight is 718 g/mol. The van der Waals surface area contributed by atoms with Crippen molar-refractivity contribution in [2.75, 3.05) is 11.9 Å². The van der Waals surface area contributed by atoms with Crippen molar-refractivity contribution in [2.45, 2.75) is 23.5 Å². The molecule has 0 amide bonds. The van der Waals surface area contributed by atoms with Crippen molar-refractivity contribution in [3.8, 4) is 0 Å². The Kier molecular flexibility index (Phi) is 9.30. The Morgan fingerprint density at radius 2 is 0.964 bits per heavy atom. The molecular formula is C48H39N5O2. The van der Waals surface area contributed by atoms with Crippen molar-refractivity contribution in [3.63, 3.8) is 0 Å². The maximum atomic E-state index is 7.09. The van der Waals surface area contributed by atoms with Crippen LogP contribution < -0.4 is 5.32 Å². The Hall–Kier alpha value is -6.67. The van der Waals surface area contributed by atoms with Crippen LogP contribution in [0.4, 0.5) is 5.82 Å². The van der Waals surface area contributed by atoms with Crippen LogP contribution in [0.3, 0.4) is 0 Å².